The molecule has 0 aliphatic carbocycles. The Labute approximate surface area is 165 Å². The molecule has 0 unspecified atom stereocenters. The molecule has 0 aliphatic rings. The Morgan fingerprint density at radius 2 is 1.70 bits per heavy atom. The molecule has 0 fully saturated rings. The molecule has 0 aliphatic heterocycles. The monoisotopic (exact) mass is 406 g/mol. The highest BCUT2D eigenvalue weighted by molar-refractivity contribution is 7.10. The highest BCUT2D eigenvalue weighted by atomic mass is 32.1. The molecule has 2 aromatic heterocycles. The zero-order valence-electron chi connectivity index (χ0n) is 14.8. The average Bonchev–Trinajstić information content (AvgIpc) is 3.28. The summed E-state index contributed by atoms with van der Waals surface area (Å²) >= 11 is 3.30. The van der Waals surface area contributed by atoms with Crippen molar-refractivity contribution in [1.29, 1.82) is 0 Å². The fraction of sp³-hybridized carbons (Fsp3) is 0.250. The Bertz CT molecular complexity index is 830. The van der Waals surface area contributed by atoms with Crippen LogP contribution in [0.4, 0.5) is 8.78 Å². The summed E-state index contributed by atoms with van der Waals surface area (Å²) in [4.78, 5) is 16.9. The molecule has 27 heavy (non-hydrogen) atoms. The van der Waals surface area contributed by atoms with Crippen LogP contribution in [0.15, 0.2) is 53.2 Å². The van der Waals surface area contributed by atoms with Crippen LogP contribution >= 0.6 is 22.7 Å². The third kappa shape index (κ3) is 5.69. The summed E-state index contributed by atoms with van der Waals surface area (Å²) in [5.74, 6) is -1.48. The minimum absolute atomic E-state index is 0.195. The predicted molar refractivity (Wildman–Crippen MR) is 106 cm³/mol. The first-order chi connectivity index (χ1) is 13.0. The summed E-state index contributed by atoms with van der Waals surface area (Å²) in [5.41, 5.74) is 0.271. The minimum Gasteiger partial charge on any atom is -0.348 e. The molecule has 1 aromatic carbocycles. The van der Waals surface area contributed by atoms with E-state index in [1.165, 1.54) is 21.9 Å². The van der Waals surface area contributed by atoms with Gasteiger partial charge in [-0.25, -0.2) is 8.78 Å². The molecule has 0 saturated heterocycles. The van der Waals surface area contributed by atoms with Crippen molar-refractivity contribution in [2.45, 2.75) is 26.1 Å². The molecule has 7 heteroatoms. The molecule has 1 N–H and O–H groups in total. The van der Waals surface area contributed by atoms with Crippen LogP contribution in [-0.2, 0) is 17.9 Å². The molecule has 0 radical (unpaired) electrons. The Morgan fingerprint density at radius 1 is 1.07 bits per heavy atom. The van der Waals surface area contributed by atoms with Crippen LogP contribution in [-0.4, -0.2) is 17.4 Å². The Kier molecular flexibility index (Phi) is 6.71. The smallest absolute Gasteiger partial charge is 0.234 e. The Morgan fingerprint density at radius 3 is 2.22 bits per heavy atom. The van der Waals surface area contributed by atoms with Crippen molar-refractivity contribution in [2.75, 3.05) is 6.54 Å². The molecule has 3 nitrogen and oxygen atoms in total. The van der Waals surface area contributed by atoms with Crippen molar-refractivity contribution >= 4 is 28.6 Å². The van der Waals surface area contributed by atoms with E-state index in [0.29, 0.717) is 13.1 Å². The van der Waals surface area contributed by atoms with Crippen LogP contribution in [0.1, 0.15) is 28.3 Å². The number of halogens is 2. The second kappa shape index (κ2) is 9.21. The fourth-order valence-corrected chi connectivity index (χ4v) is 4.33. The molecule has 0 bridgehead atoms. The lowest BCUT2D eigenvalue weighted by atomic mass is 10.1. The maximum atomic E-state index is 13.9. The van der Waals surface area contributed by atoms with E-state index in [1.807, 2.05) is 35.0 Å². The number of rotatable bonds is 8. The zero-order valence-corrected chi connectivity index (χ0v) is 16.5. The van der Waals surface area contributed by atoms with Crippen LogP contribution in [0.3, 0.4) is 0 Å². The average molecular weight is 407 g/mol. The SMILES string of the molecule is C[C@H](NC(=O)CN(Cc1cccs1)Cc1cccs1)c1ccc(F)cc1F. The van der Waals surface area contributed by atoms with Crippen molar-refractivity contribution in [3.8, 4) is 0 Å². The van der Waals surface area contributed by atoms with Crippen LogP contribution in [0.5, 0.6) is 0 Å². The third-order valence-corrected chi connectivity index (χ3v) is 5.82. The lowest BCUT2D eigenvalue weighted by Crippen LogP contribution is -2.37. The summed E-state index contributed by atoms with van der Waals surface area (Å²) in [5, 5.41) is 6.83. The van der Waals surface area contributed by atoms with Gasteiger partial charge in [0.1, 0.15) is 11.6 Å². The number of carbonyl (C=O) groups excluding carboxylic acids is 1. The molecule has 0 spiro atoms. The highest BCUT2D eigenvalue weighted by Crippen LogP contribution is 2.19. The number of amides is 1. The first kappa shape index (κ1) is 19.7. The molecule has 3 aromatic rings. The number of nitrogens with zero attached hydrogens (tertiary/aromatic N) is 1. The number of nitrogens with one attached hydrogen (secondary N) is 1. The molecule has 1 amide bonds. The number of hydrogen-bond donors (Lipinski definition) is 1. The van der Waals surface area contributed by atoms with Gasteiger partial charge in [-0.3, -0.25) is 9.69 Å². The first-order valence-electron chi connectivity index (χ1n) is 8.52. The molecule has 1 atom stereocenters. The van der Waals surface area contributed by atoms with E-state index in [2.05, 4.69) is 10.2 Å². The van der Waals surface area contributed by atoms with E-state index in [1.54, 1.807) is 29.6 Å². The standard InChI is InChI=1S/C20H20F2N2OS2/c1-14(18-7-6-15(21)10-19(18)22)23-20(25)13-24(11-16-4-2-8-26-16)12-17-5-3-9-27-17/h2-10,14H,11-13H2,1H3,(H,23,25)/t14-/m0/s1. The quantitative estimate of drug-likeness (QED) is 0.573. The van der Waals surface area contributed by atoms with Crippen molar-refractivity contribution in [1.82, 2.24) is 10.2 Å². The predicted octanol–water partition coefficient (Wildman–Crippen LogP) is 4.97. The third-order valence-electron chi connectivity index (χ3n) is 4.09. The molecule has 3 rings (SSSR count). The van der Waals surface area contributed by atoms with Crippen molar-refractivity contribution < 1.29 is 13.6 Å². The van der Waals surface area contributed by atoms with Crippen molar-refractivity contribution in [3.63, 3.8) is 0 Å². The molecular weight excluding hydrogens is 386 g/mol. The van der Waals surface area contributed by atoms with Gasteiger partial charge in [-0.05, 0) is 35.9 Å². The zero-order chi connectivity index (χ0) is 19.2. The number of carbonyl (C=O) groups is 1. The van der Waals surface area contributed by atoms with E-state index >= 15 is 0 Å². The molecule has 142 valence electrons. The normalized spacial score (nSPS) is 12.3. The van der Waals surface area contributed by atoms with Gasteiger partial charge in [0.25, 0.3) is 0 Å². The minimum atomic E-state index is -0.656. The van der Waals surface area contributed by atoms with E-state index in [0.717, 1.165) is 6.07 Å². The second-order valence-corrected chi connectivity index (χ2v) is 8.32. The molecule has 2 heterocycles. The van der Waals surface area contributed by atoms with Gasteiger partial charge in [0.05, 0.1) is 12.6 Å². The summed E-state index contributed by atoms with van der Waals surface area (Å²) in [7, 11) is 0. The van der Waals surface area contributed by atoms with Crippen LogP contribution in [0.25, 0.3) is 0 Å². The summed E-state index contributed by atoms with van der Waals surface area (Å²) in [6, 6.07) is 10.9. The topological polar surface area (TPSA) is 32.3 Å². The Hall–Kier alpha value is -2.09. The van der Waals surface area contributed by atoms with Gasteiger partial charge in [-0.1, -0.05) is 18.2 Å². The van der Waals surface area contributed by atoms with Gasteiger partial charge >= 0.3 is 0 Å². The van der Waals surface area contributed by atoms with Gasteiger partial charge in [-0.2, -0.15) is 0 Å². The summed E-state index contributed by atoms with van der Waals surface area (Å²) < 4.78 is 27.0. The summed E-state index contributed by atoms with van der Waals surface area (Å²) in [6.45, 7) is 3.23. The van der Waals surface area contributed by atoms with E-state index in [4.69, 9.17) is 0 Å². The first-order valence-corrected chi connectivity index (χ1v) is 10.3. The van der Waals surface area contributed by atoms with Gasteiger partial charge in [0, 0.05) is 34.5 Å². The maximum absolute atomic E-state index is 13.9. The Balaban J connectivity index is 1.64. The highest BCUT2D eigenvalue weighted by Gasteiger charge is 2.17. The summed E-state index contributed by atoms with van der Waals surface area (Å²) in [6.07, 6.45) is 0. The van der Waals surface area contributed by atoms with E-state index < -0.39 is 17.7 Å². The second-order valence-electron chi connectivity index (χ2n) is 6.26. The van der Waals surface area contributed by atoms with Gasteiger partial charge in [0.15, 0.2) is 0 Å². The van der Waals surface area contributed by atoms with Gasteiger partial charge in [-0.15, -0.1) is 22.7 Å². The van der Waals surface area contributed by atoms with Crippen LogP contribution < -0.4 is 5.32 Å². The van der Waals surface area contributed by atoms with Gasteiger partial charge < -0.3 is 5.32 Å². The molecule has 0 saturated carbocycles. The number of benzene rings is 1. The number of thiophene rings is 2. The van der Waals surface area contributed by atoms with Crippen molar-refractivity contribution in [3.05, 3.63) is 80.2 Å². The lowest BCUT2D eigenvalue weighted by Gasteiger charge is -2.22. The maximum Gasteiger partial charge on any atom is 0.234 e. The van der Waals surface area contributed by atoms with E-state index in [9.17, 15) is 13.6 Å². The van der Waals surface area contributed by atoms with Crippen LogP contribution in [0.2, 0.25) is 0 Å². The van der Waals surface area contributed by atoms with Crippen molar-refractivity contribution in [2.24, 2.45) is 0 Å². The lowest BCUT2D eigenvalue weighted by molar-refractivity contribution is -0.123. The van der Waals surface area contributed by atoms with Gasteiger partial charge in [0.2, 0.25) is 5.91 Å². The fourth-order valence-electron chi connectivity index (χ4n) is 2.83. The van der Waals surface area contributed by atoms with E-state index in [-0.39, 0.29) is 18.0 Å². The van der Waals surface area contributed by atoms with Crippen LogP contribution in [0, 0.1) is 11.6 Å². The number of hydrogen-bond acceptors (Lipinski definition) is 4. The molecular formula is C20H20F2N2OS2. The largest absolute Gasteiger partial charge is 0.348 e.